The van der Waals surface area contributed by atoms with E-state index in [1.165, 1.54) is 0 Å². The summed E-state index contributed by atoms with van der Waals surface area (Å²) in [5, 5.41) is 9.72. The summed E-state index contributed by atoms with van der Waals surface area (Å²) in [6, 6.07) is 5.40. The number of rotatable bonds is 2. The fourth-order valence-electron chi connectivity index (χ4n) is 1.76. The van der Waals surface area contributed by atoms with Gasteiger partial charge in [-0.25, -0.2) is 4.39 Å². The predicted octanol–water partition coefficient (Wildman–Crippen LogP) is 3.44. The first-order chi connectivity index (χ1) is 7.11. The average molecular weight is 224 g/mol. The molecule has 2 heteroatoms. The van der Waals surface area contributed by atoms with Gasteiger partial charge in [-0.05, 0) is 30.4 Å². The summed E-state index contributed by atoms with van der Waals surface area (Å²) in [4.78, 5) is 0. The Labute approximate surface area is 97.3 Å². The molecule has 0 aliphatic carbocycles. The third-order valence-electron chi connectivity index (χ3n) is 2.51. The van der Waals surface area contributed by atoms with Crippen LogP contribution in [0.2, 0.25) is 0 Å². The van der Waals surface area contributed by atoms with Crippen LogP contribution in [0.4, 0.5) is 4.39 Å². The van der Waals surface area contributed by atoms with Crippen molar-refractivity contribution in [1.29, 1.82) is 0 Å². The Bertz CT molecular complexity index is 369. The lowest BCUT2D eigenvalue weighted by Gasteiger charge is -2.23. The van der Waals surface area contributed by atoms with Gasteiger partial charge in [0.25, 0.3) is 0 Å². The van der Waals surface area contributed by atoms with Gasteiger partial charge < -0.3 is 5.11 Å². The van der Waals surface area contributed by atoms with Crippen molar-refractivity contribution < 1.29 is 9.50 Å². The Morgan fingerprint density at radius 2 is 1.69 bits per heavy atom. The molecule has 0 fully saturated rings. The summed E-state index contributed by atoms with van der Waals surface area (Å²) in [6.07, 6.45) is 0.336. The summed E-state index contributed by atoms with van der Waals surface area (Å²) < 4.78 is 14.2. The lowest BCUT2D eigenvalue weighted by molar-refractivity contribution is 0.0799. The molecule has 0 aliphatic heterocycles. The first-order valence-electron chi connectivity index (χ1n) is 5.61. The first-order valence-corrected chi connectivity index (χ1v) is 5.61. The molecule has 0 unspecified atom stereocenters. The standard InChI is InChI=1S/C14H21FO/c1-13(2,3)11-8-6-7-10(12(11)15)9-14(4,5)16/h6-8,16H,9H2,1-5H3. The van der Waals surface area contributed by atoms with Crippen LogP contribution in [0.1, 0.15) is 45.7 Å². The fourth-order valence-corrected chi connectivity index (χ4v) is 1.76. The molecule has 0 aliphatic rings. The van der Waals surface area contributed by atoms with E-state index in [1.54, 1.807) is 19.9 Å². The molecular weight excluding hydrogens is 203 g/mol. The monoisotopic (exact) mass is 224 g/mol. The van der Waals surface area contributed by atoms with Crippen LogP contribution < -0.4 is 0 Å². The quantitative estimate of drug-likeness (QED) is 0.816. The lowest BCUT2D eigenvalue weighted by atomic mass is 9.84. The molecule has 0 atom stereocenters. The predicted molar refractivity (Wildman–Crippen MR) is 65.1 cm³/mol. The van der Waals surface area contributed by atoms with E-state index in [9.17, 15) is 9.50 Å². The van der Waals surface area contributed by atoms with Gasteiger partial charge in [0.05, 0.1) is 5.60 Å². The molecule has 1 N–H and O–H groups in total. The third kappa shape index (κ3) is 3.31. The zero-order valence-corrected chi connectivity index (χ0v) is 10.8. The van der Waals surface area contributed by atoms with Crippen molar-refractivity contribution in [2.24, 2.45) is 0 Å². The number of hydrogen-bond donors (Lipinski definition) is 1. The maximum atomic E-state index is 14.2. The first kappa shape index (κ1) is 13.2. The maximum Gasteiger partial charge on any atom is 0.130 e. The molecule has 90 valence electrons. The van der Waals surface area contributed by atoms with Gasteiger partial charge in [0.2, 0.25) is 0 Å². The van der Waals surface area contributed by atoms with Gasteiger partial charge in [-0.3, -0.25) is 0 Å². The molecule has 0 amide bonds. The molecule has 0 bridgehead atoms. The van der Waals surface area contributed by atoms with Gasteiger partial charge in [0, 0.05) is 6.42 Å². The molecule has 1 aromatic rings. The summed E-state index contributed by atoms with van der Waals surface area (Å²) in [6.45, 7) is 9.34. The van der Waals surface area contributed by atoms with E-state index in [-0.39, 0.29) is 11.2 Å². The molecule has 0 aromatic heterocycles. The normalized spacial score (nSPS) is 12.9. The van der Waals surface area contributed by atoms with Crippen LogP contribution in [-0.2, 0) is 11.8 Å². The summed E-state index contributed by atoms with van der Waals surface area (Å²) >= 11 is 0. The molecule has 0 saturated heterocycles. The molecule has 16 heavy (non-hydrogen) atoms. The van der Waals surface area contributed by atoms with Crippen LogP contribution in [0.25, 0.3) is 0 Å². The molecule has 1 rings (SSSR count). The Kier molecular flexibility index (Phi) is 3.44. The van der Waals surface area contributed by atoms with Crippen molar-refractivity contribution in [3.05, 3.63) is 35.1 Å². The summed E-state index contributed by atoms with van der Waals surface area (Å²) in [5.74, 6) is -0.183. The lowest BCUT2D eigenvalue weighted by Crippen LogP contribution is -2.24. The van der Waals surface area contributed by atoms with E-state index in [0.717, 1.165) is 0 Å². The summed E-state index contributed by atoms with van der Waals surface area (Å²) in [5.41, 5.74) is 0.200. The zero-order chi connectivity index (χ0) is 12.6. The molecule has 1 aromatic carbocycles. The average Bonchev–Trinajstić information content (AvgIpc) is 2.04. The molecule has 0 saturated carbocycles. The van der Waals surface area contributed by atoms with E-state index in [1.807, 2.05) is 32.9 Å². The van der Waals surface area contributed by atoms with Gasteiger partial charge >= 0.3 is 0 Å². The van der Waals surface area contributed by atoms with Crippen LogP contribution in [0.3, 0.4) is 0 Å². The van der Waals surface area contributed by atoms with Gasteiger partial charge in [-0.1, -0.05) is 39.0 Å². The zero-order valence-electron chi connectivity index (χ0n) is 10.8. The molecule has 0 spiro atoms. The largest absolute Gasteiger partial charge is 0.390 e. The smallest absolute Gasteiger partial charge is 0.130 e. The fraction of sp³-hybridized carbons (Fsp3) is 0.571. The maximum absolute atomic E-state index is 14.2. The highest BCUT2D eigenvalue weighted by Crippen LogP contribution is 2.28. The highest BCUT2D eigenvalue weighted by Gasteiger charge is 2.22. The van der Waals surface area contributed by atoms with E-state index >= 15 is 0 Å². The number of benzene rings is 1. The Morgan fingerprint density at radius 1 is 1.12 bits per heavy atom. The van der Waals surface area contributed by atoms with E-state index < -0.39 is 5.60 Å². The molecule has 1 nitrogen and oxygen atoms in total. The van der Waals surface area contributed by atoms with E-state index in [4.69, 9.17) is 0 Å². The van der Waals surface area contributed by atoms with Gasteiger partial charge in [-0.2, -0.15) is 0 Å². The van der Waals surface area contributed by atoms with Crippen molar-refractivity contribution in [2.75, 3.05) is 0 Å². The second-order valence-electron chi connectivity index (χ2n) is 6.02. The van der Waals surface area contributed by atoms with Gasteiger partial charge in [0.1, 0.15) is 5.82 Å². The second-order valence-corrected chi connectivity index (χ2v) is 6.02. The van der Waals surface area contributed by atoms with Gasteiger partial charge in [0.15, 0.2) is 0 Å². The minimum atomic E-state index is -0.878. The van der Waals surface area contributed by atoms with Crippen molar-refractivity contribution >= 4 is 0 Å². The van der Waals surface area contributed by atoms with Crippen LogP contribution >= 0.6 is 0 Å². The number of halogens is 1. The van der Waals surface area contributed by atoms with E-state index in [2.05, 4.69) is 0 Å². The van der Waals surface area contributed by atoms with Crippen LogP contribution in [0, 0.1) is 5.82 Å². The van der Waals surface area contributed by atoms with E-state index in [0.29, 0.717) is 17.5 Å². The van der Waals surface area contributed by atoms with Crippen LogP contribution in [0.5, 0.6) is 0 Å². The minimum absolute atomic E-state index is 0.183. The summed E-state index contributed by atoms with van der Waals surface area (Å²) in [7, 11) is 0. The molecule has 0 heterocycles. The SMILES string of the molecule is CC(C)(O)Cc1cccc(C(C)(C)C)c1F. The Morgan fingerprint density at radius 3 is 2.12 bits per heavy atom. The van der Waals surface area contributed by atoms with Crippen LogP contribution in [-0.4, -0.2) is 10.7 Å². The minimum Gasteiger partial charge on any atom is -0.390 e. The van der Waals surface area contributed by atoms with Crippen molar-refractivity contribution in [2.45, 2.75) is 52.1 Å². The highest BCUT2D eigenvalue weighted by molar-refractivity contribution is 5.31. The number of hydrogen-bond acceptors (Lipinski definition) is 1. The van der Waals surface area contributed by atoms with Crippen molar-refractivity contribution in [1.82, 2.24) is 0 Å². The second kappa shape index (κ2) is 4.17. The highest BCUT2D eigenvalue weighted by atomic mass is 19.1. The topological polar surface area (TPSA) is 20.2 Å². The molecule has 0 radical (unpaired) electrons. The van der Waals surface area contributed by atoms with Gasteiger partial charge in [-0.15, -0.1) is 0 Å². The Hall–Kier alpha value is -0.890. The number of aliphatic hydroxyl groups is 1. The van der Waals surface area contributed by atoms with Crippen molar-refractivity contribution in [3.63, 3.8) is 0 Å². The third-order valence-corrected chi connectivity index (χ3v) is 2.51. The van der Waals surface area contributed by atoms with Crippen LogP contribution in [0.15, 0.2) is 18.2 Å². The van der Waals surface area contributed by atoms with Crippen molar-refractivity contribution in [3.8, 4) is 0 Å². The molecular formula is C14H21FO. The Balaban J connectivity index is 3.15.